The summed E-state index contributed by atoms with van der Waals surface area (Å²) >= 11 is 0. The van der Waals surface area contributed by atoms with Crippen LogP contribution in [0.25, 0.3) is 22.2 Å². The first-order valence-corrected chi connectivity index (χ1v) is 8.99. The van der Waals surface area contributed by atoms with Gasteiger partial charge in [0.05, 0.1) is 16.8 Å². The molecule has 0 unspecified atom stereocenters. The highest BCUT2D eigenvalue weighted by atomic mass is 16.2. The first kappa shape index (κ1) is 17.2. The van der Waals surface area contributed by atoms with Crippen LogP contribution in [0.2, 0.25) is 0 Å². The number of unbranched alkanes of at least 4 members (excludes halogenated alkanes) is 1. The van der Waals surface area contributed by atoms with Gasteiger partial charge in [0.15, 0.2) is 0 Å². The number of pyridine rings is 1. The Morgan fingerprint density at radius 1 is 1.00 bits per heavy atom. The molecule has 3 heteroatoms. The van der Waals surface area contributed by atoms with Crippen molar-refractivity contribution in [3.63, 3.8) is 0 Å². The minimum absolute atomic E-state index is 0.0896. The second-order valence-corrected chi connectivity index (χ2v) is 6.18. The van der Waals surface area contributed by atoms with Crippen molar-refractivity contribution in [2.75, 3.05) is 13.1 Å². The van der Waals surface area contributed by atoms with Crippen LogP contribution in [0.3, 0.4) is 0 Å². The van der Waals surface area contributed by atoms with Gasteiger partial charge in [0.2, 0.25) is 0 Å². The molecule has 1 aromatic heterocycles. The van der Waals surface area contributed by atoms with E-state index in [1.165, 1.54) is 0 Å². The number of amides is 1. The predicted octanol–water partition coefficient (Wildman–Crippen LogP) is 5.16. The van der Waals surface area contributed by atoms with Crippen LogP contribution in [0.4, 0.5) is 0 Å². The molecule has 0 spiro atoms. The van der Waals surface area contributed by atoms with Crippen LogP contribution in [-0.2, 0) is 0 Å². The van der Waals surface area contributed by atoms with Gasteiger partial charge in [-0.1, -0.05) is 61.9 Å². The van der Waals surface area contributed by atoms with Gasteiger partial charge in [-0.3, -0.25) is 4.79 Å². The maximum Gasteiger partial charge on any atom is 0.254 e. The number of hydrogen-bond acceptors (Lipinski definition) is 2. The first-order chi connectivity index (χ1) is 12.2. The largest absolute Gasteiger partial charge is 0.339 e. The molecule has 3 rings (SSSR count). The van der Waals surface area contributed by atoms with Crippen LogP contribution in [0, 0.1) is 0 Å². The summed E-state index contributed by atoms with van der Waals surface area (Å²) in [7, 11) is 0. The molecule has 25 heavy (non-hydrogen) atoms. The van der Waals surface area contributed by atoms with Gasteiger partial charge in [0.1, 0.15) is 0 Å². The van der Waals surface area contributed by atoms with E-state index in [0.717, 1.165) is 53.7 Å². The molecule has 0 aliphatic carbocycles. The molecule has 0 saturated carbocycles. The Kier molecular flexibility index (Phi) is 5.44. The van der Waals surface area contributed by atoms with Crippen molar-refractivity contribution in [3.8, 4) is 11.3 Å². The van der Waals surface area contributed by atoms with Crippen LogP contribution in [0.15, 0.2) is 60.7 Å². The van der Waals surface area contributed by atoms with Crippen molar-refractivity contribution < 1.29 is 4.79 Å². The zero-order valence-electron chi connectivity index (χ0n) is 14.9. The lowest BCUT2D eigenvalue weighted by atomic mass is 10.0. The topological polar surface area (TPSA) is 33.2 Å². The van der Waals surface area contributed by atoms with E-state index in [4.69, 9.17) is 4.98 Å². The number of hydrogen-bond donors (Lipinski definition) is 0. The molecule has 0 aliphatic heterocycles. The highest BCUT2D eigenvalue weighted by Gasteiger charge is 2.18. The Bertz CT molecular complexity index is 858. The molecule has 0 N–H and O–H groups in total. The quantitative estimate of drug-likeness (QED) is 0.624. The SMILES string of the molecule is CCCCN(CC)C(=O)c1cc(-c2ccccc2)nc2ccccc12. The summed E-state index contributed by atoms with van der Waals surface area (Å²) in [4.78, 5) is 19.9. The summed E-state index contributed by atoms with van der Waals surface area (Å²) in [6, 6.07) is 19.9. The molecule has 1 heterocycles. The highest BCUT2D eigenvalue weighted by molar-refractivity contribution is 6.07. The van der Waals surface area contributed by atoms with Gasteiger partial charge in [0.25, 0.3) is 5.91 Å². The lowest BCUT2D eigenvalue weighted by Crippen LogP contribution is -2.32. The third kappa shape index (κ3) is 3.71. The minimum Gasteiger partial charge on any atom is -0.339 e. The molecular weight excluding hydrogens is 308 g/mol. The Morgan fingerprint density at radius 2 is 1.72 bits per heavy atom. The summed E-state index contributed by atoms with van der Waals surface area (Å²) in [5.74, 6) is 0.0896. The van der Waals surface area contributed by atoms with Gasteiger partial charge in [-0.2, -0.15) is 0 Å². The zero-order chi connectivity index (χ0) is 17.6. The molecular formula is C22H24N2O. The number of aromatic nitrogens is 1. The predicted molar refractivity (Wildman–Crippen MR) is 104 cm³/mol. The minimum atomic E-state index is 0.0896. The van der Waals surface area contributed by atoms with Crippen molar-refractivity contribution in [3.05, 3.63) is 66.2 Å². The van der Waals surface area contributed by atoms with Crippen LogP contribution in [0.1, 0.15) is 37.0 Å². The highest BCUT2D eigenvalue weighted by Crippen LogP contribution is 2.25. The number of para-hydroxylation sites is 1. The molecule has 0 fully saturated rings. The third-order valence-corrected chi connectivity index (χ3v) is 4.47. The number of benzene rings is 2. The zero-order valence-corrected chi connectivity index (χ0v) is 14.9. The van der Waals surface area contributed by atoms with Crippen molar-refractivity contribution in [2.45, 2.75) is 26.7 Å². The Balaban J connectivity index is 2.11. The normalized spacial score (nSPS) is 10.8. The number of nitrogens with zero attached hydrogens (tertiary/aromatic N) is 2. The Hall–Kier alpha value is -2.68. The second kappa shape index (κ2) is 7.93. The van der Waals surface area contributed by atoms with Gasteiger partial charge in [-0.25, -0.2) is 4.98 Å². The molecule has 3 nitrogen and oxygen atoms in total. The van der Waals surface area contributed by atoms with E-state index >= 15 is 0 Å². The molecule has 0 atom stereocenters. The summed E-state index contributed by atoms with van der Waals surface area (Å²) in [6.45, 7) is 5.70. The fourth-order valence-electron chi connectivity index (χ4n) is 3.03. The first-order valence-electron chi connectivity index (χ1n) is 8.99. The molecule has 0 saturated heterocycles. The molecule has 0 bridgehead atoms. The van der Waals surface area contributed by atoms with E-state index in [2.05, 4.69) is 6.92 Å². The van der Waals surface area contributed by atoms with E-state index in [1.54, 1.807) is 0 Å². The molecule has 128 valence electrons. The van der Waals surface area contributed by atoms with Crippen LogP contribution in [0.5, 0.6) is 0 Å². The van der Waals surface area contributed by atoms with Crippen molar-refractivity contribution in [1.82, 2.24) is 9.88 Å². The maximum absolute atomic E-state index is 13.2. The number of fused-ring (bicyclic) bond motifs is 1. The van der Waals surface area contributed by atoms with Crippen LogP contribution >= 0.6 is 0 Å². The Labute approximate surface area is 149 Å². The standard InChI is InChI=1S/C22H24N2O/c1-3-5-15-24(4-2)22(25)19-16-21(17-11-7-6-8-12-17)23-20-14-10-9-13-18(19)20/h6-14,16H,3-5,15H2,1-2H3. The lowest BCUT2D eigenvalue weighted by molar-refractivity contribution is 0.0764. The summed E-state index contributed by atoms with van der Waals surface area (Å²) in [6.07, 6.45) is 2.10. The van der Waals surface area contributed by atoms with Crippen molar-refractivity contribution in [2.24, 2.45) is 0 Å². The van der Waals surface area contributed by atoms with Crippen molar-refractivity contribution in [1.29, 1.82) is 0 Å². The lowest BCUT2D eigenvalue weighted by Gasteiger charge is -2.22. The smallest absolute Gasteiger partial charge is 0.254 e. The van der Waals surface area contributed by atoms with Crippen LogP contribution < -0.4 is 0 Å². The fraction of sp³-hybridized carbons (Fsp3) is 0.273. The van der Waals surface area contributed by atoms with E-state index < -0.39 is 0 Å². The second-order valence-electron chi connectivity index (χ2n) is 6.18. The monoisotopic (exact) mass is 332 g/mol. The molecule has 2 aromatic carbocycles. The molecule has 0 radical (unpaired) electrons. The van der Waals surface area contributed by atoms with E-state index in [0.29, 0.717) is 0 Å². The average Bonchev–Trinajstić information content (AvgIpc) is 2.68. The Morgan fingerprint density at radius 3 is 2.44 bits per heavy atom. The molecule has 1 amide bonds. The van der Waals surface area contributed by atoms with Gasteiger partial charge in [-0.15, -0.1) is 0 Å². The van der Waals surface area contributed by atoms with Crippen LogP contribution in [-0.4, -0.2) is 28.9 Å². The van der Waals surface area contributed by atoms with Gasteiger partial charge < -0.3 is 4.90 Å². The van der Waals surface area contributed by atoms with Crippen molar-refractivity contribution >= 4 is 16.8 Å². The van der Waals surface area contributed by atoms with Gasteiger partial charge >= 0.3 is 0 Å². The number of carbonyl (C=O) groups excluding carboxylic acids is 1. The number of rotatable bonds is 6. The maximum atomic E-state index is 13.2. The van der Waals surface area contributed by atoms with E-state index in [9.17, 15) is 4.79 Å². The summed E-state index contributed by atoms with van der Waals surface area (Å²) in [5.41, 5.74) is 3.47. The van der Waals surface area contributed by atoms with E-state index in [-0.39, 0.29) is 5.91 Å². The number of carbonyl (C=O) groups is 1. The summed E-state index contributed by atoms with van der Waals surface area (Å²) < 4.78 is 0. The average molecular weight is 332 g/mol. The van der Waals surface area contributed by atoms with E-state index in [1.807, 2.05) is 72.5 Å². The molecule has 3 aromatic rings. The molecule has 0 aliphatic rings. The summed E-state index contributed by atoms with van der Waals surface area (Å²) in [5, 5.41) is 0.919. The van der Waals surface area contributed by atoms with Gasteiger partial charge in [-0.05, 0) is 25.5 Å². The fourth-order valence-corrected chi connectivity index (χ4v) is 3.03. The third-order valence-electron chi connectivity index (χ3n) is 4.47. The van der Waals surface area contributed by atoms with Gasteiger partial charge in [0, 0.05) is 24.0 Å².